The van der Waals surface area contributed by atoms with E-state index < -0.39 is 15.8 Å². The van der Waals surface area contributed by atoms with Crippen molar-refractivity contribution in [2.75, 3.05) is 17.8 Å². The van der Waals surface area contributed by atoms with Crippen LogP contribution < -0.4 is 15.4 Å². The maximum Gasteiger partial charge on any atom is 0.262 e. The highest BCUT2D eigenvalue weighted by Gasteiger charge is 2.19. The third-order valence-electron chi connectivity index (χ3n) is 4.20. The molecule has 1 saturated heterocycles. The molecule has 0 aliphatic carbocycles. The minimum atomic E-state index is -4.00. The molecular weight excluding hydrogens is 393 g/mol. The summed E-state index contributed by atoms with van der Waals surface area (Å²) in [5, 5.41) is 6.08. The Labute approximate surface area is 164 Å². The van der Waals surface area contributed by atoms with E-state index in [0.29, 0.717) is 6.54 Å². The first-order chi connectivity index (χ1) is 12.5. The van der Waals surface area contributed by atoms with Crippen molar-refractivity contribution in [2.24, 2.45) is 0 Å². The molecule has 1 amide bonds. The minimum absolute atomic E-state index is 0. The van der Waals surface area contributed by atoms with E-state index in [4.69, 9.17) is 0 Å². The Bertz CT molecular complexity index is 902. The first-order valence-corrected chi connectivity index (χ1v) is 9.83. The second-order valence-electron chi connectivity index (χ2n) is 6.12. The number of nitrogens with one attached hydrogen (secondary N) is 3. The molecule has 1 fully saturated rings. The van der Waals surface area contributed by atoms with Crippen molar-refractivity contribution >= 4 is 34.0 Å². The predicted molar refractivity (Wildman–Crippen MR) is 104 cm³/mol. The van der Waals surface area contributed by atoms with Gasteiger partial charge in [0, 0.05) is 18.2 Å². The lowest BCUT2D eigenvalue weighted by Gasteiger charge is -2.12. The van der Waals surface area contributed by atoms with Crippen LogP contribution in [0.15, 0.2) is 53.4 Å². The molecule has 6 nitrogen and oxygen atoms in total. The molecule has 2 aromatic carbocycles. The normalized spacial score (nSPS) is 16.4. The predicted octanol–water partition coefficient (Wildman–Crippen LogP) is 2.53. The van der Waals surface area contributed by atoms with Gasteiger partial charge >= 0.3 is 0 Å². The Morgan fingerprint density at radius 2 is 1.96 bits per heavy atom. The van der Waals surface area contributed by atoms with E-state index >= 15 is 0 Å². The highest BCUT2D eigenvalue weighted by molar-refractivity contribution is 7.92. The van der Waals surface area contributed by atoms with Gasteiger partial charge in [0.15, 0.2) is 0 Å². The quantitative estimate of drug-likeness (QED) is 0.679. The molecule has 3 rings (SSSR count). The van der Waals surface area contributed by atoms with Gasteiger partial charge < -0.3 is 10.6 Å². The van der Waals surface area contributed by atoms with E-state index in [1.54, 1.807) is 6.07 Å². The van der Waals surface area contributed by atoms with Gasteiger partial charge in [0.25, 0.3) is 15.9 Å². The molecule has 1 aliphatic rings. The number of benzene rings is 2. The van der Waals surface area contributed by atoms with Gasteiger partial charge in [0.05, 0.1) is 10.6 Å². The third-order valence-corrected chi connectivity index (χ3v) is 5.56. The summed E-state index contributed by atoms with van der Waals surface area (Å²) >= 11 is 0. The van der Waals surface area contributed by atoms with Crippen molar-refractivity contribution in [3.8, 4) is 0 Å². The van der Waals surface area contributed by atoms with Gasteiger partial charge in [-0.05, 0) is 49.7 Å². The molecule has 0 bridgehead atoms. The van der Waals surface area contributed by atoms with Gasteiger partial charge in [0.1, 0.15) is 5.82 Å². The summed E-state index contributed by atoms with van der Waals surface area (Å²) in [6.07, 6.45) is 2.08. The van der Waals surface area contributed by atoms with Crippen LogP contribution in [-0.4, -0.2) is 33.5 Å². The van der Waals surface area contributed by atoms with Crippen molar-refractivity contribution in [2.45, 2.75) is 23.8 Å². The summed E-state index contributed by atoms with van der Waals surface area (Å²) in [6.45, 7) is 1.43. The van der Waals surface area contributed by atoms with Crippen LogP contribution in [0, 0.1) is 5.82 Å². The molecule has 0 aromatic heterocycles. The Hall–Kier alpha value is -2.16. The van der Waals surface area contributed by atoms with Crippen LogP contribution in [-0.2, 0) is 10.0 Å². The second kappa shape index (κ2) is 9.16. The standard InChI is InChI=1S/C18H20FN3O3S.ClH/c19-16-8-1-2-9-17(16)22-26(24,25)15-7-3-5-13(11-15)18(23)21-12-14-6-4-10-20-14;/h1-3,5,7-9,11,14,20,22H,4,6,10,12H2,(H,21,23);1H. The zero-order valence-electron chi connectivity index (χ0n) is 14.4. The van der Waals surface area contributed by atoms with Gasteiger partial charge in [-0.1, -0.05) is 18.2 Å². The lowest BCUT2D eigenvalue weighted by Crippen LogP contribution is -2.37. The lowest BCUT2D eigenvalue weighted by molar-refractivity contribution is 0.0950. The fourth-order valence-corrected chi connectivity index (χ4v) is 3.91. The van der Waals surface area contributed by atoms with Gasteiger partial charge in [-0.15, -0.1) is 12.4 Å². The van der Waals surface area contributed by atoms with Gasteiger partial charge in [0.2, 0.25) is 0 Å². The average Bonchev–Trinajstić information content (AvgIpc) is 3.15. The molecule has 0 radical (unpaired) electrons. The maximum atomic E-state index is 13.7. The molecule has 1 heterocycles. The number of carbonyl (C=O) groups is 1. The van der Waals surface area contributed by atoms with Crippen molar-refractivity contribution in [1.82, 2.24) is 10.6 Å². The summed E-state index contributed by atoms with van der Waals surface area (Å²) in [5.74, 6) is -1.02. The number of hydrogen-bond donors (Lipinski definition) is 3. The van der Waals surface area contributed by atoms with Crippen LogP contribution in [0.3, 0.4) is 0 Å². The summed E-state index contributed by atoms with van der Waals surface area (Å²) in [4.78, 5) is 12.2. The number of sulfonamides is 1. The number of hydrogen-bond acceptors (Lipinski definition) is 4. The second-order valence-corrected chi connectivity index (χ2v) is 7.80. The minimum Gasteiger partial charge on any atom is -0.350 e. The Morgan fingerprint density at radius 3 is 2.67 bits per heavy atom. The molecular formula is C18H21ClFN3O3S. The molecule has 27 heavy (non-hydrogen) atoms. The maximum absolute atomic E-state index is 13.7. The number of halogens is 2. The van der Waals surface area contributed by atoms with Crippen LogP contribution in [0.25, 0.3) is 0 Å². The monoisotopic (exact) mass is 413 g/mol. The Kier molecular flexibility index (Phi) is 7.18. The van der Waals surface area contributed by atoms with Crippen LogP contribution in [0.5, 0.6) is 0 Å². The smallest absolute Gasteiger partial charge is 0.262 e. The number of anilines is 1. The molecule has 146 valence electrons. The number of para-hydroxylation sites is 1. The zero-order valence-corrected chi connectivity index (χ0v) is 16.1. The van der Waals surface area contributed by atoms with E-state index in [1.165, 1.54) is 42.5 Å². The first kappa shape index (κ1) is 21.1. The highest BCUT2D eigenvalue weighted by Crippen LogP contribution is 2.19. The van der Waals surface area contributed by atoms with Gasteiger partial charge in [-0.3, -0.25) is 9.52 Å². The number of amides is 1. The highest BCUT2D eigenvalue weighted by atomic mass is 35.5. The molecule has 1 unspecified atom stereocenters. The SMILES string of the molecule is Cl.O=C(NCC1CCCN1)c1cccc(S(=O)(=O)Nc2ccccc2F)c1. The number of rotatable bonds is 6. The average molecular weight is 414 g/mol. The van der Waals surface area contributed by atoms with E-state index in [-0.39, 0.29) is 40.5 Å². The first-order valence-electron chi connectivity index (χ1n) is 8.35. The van der Waals surface area contributed by atoms with Gasteiger partial charge in [-0.25, -0.2) is 12.8 Å². The lowest BCUT2D eigenvalue weighted by atomic mass is 10.2. The fourth-order valence-electron chi connectivity index (χ4n) is 2.80. The summed E-state index contributed by atoms with van der Waals surface area (Å²) < 4.78 is 40.8. The molecule has 3 N–H and O–H groups in total. The van der Waals surface area contributed by atoms with Crippen LogP contribution in [0.1, 0.15) is 23.2 Å². The molecule has 0 saturated carbocycles. The zero-order chi connectivity index (χ0) is 18.6. The number of carbonyl (C=O) groups excluding carboxylic acids is 1. The van der Waals surface area contributed by atoms with Crippen molar-refractivity contribution in [3.05, 3.63) is 59.9 Å². The summed E-state index contributed by atoms with van der Waals surface area (Å²) in [6, 6.07) is 11.4. The molecule has 0 spiro atoms. The van der Waals surface area contributed by atoms with E-state index in [1.807, 2.05) is 0 Å². The van der Waals surface area contributed by atoms with Crippen molar-refractivity contribution in [1.29, 1.82) is 0 Å². The van der Waals surface area contributed by atoms with E-state index in [9.17, 15) is 17.6 Å². The van der Waals surface area contributed by atoms with E-state index in [0.717, 1.165) is 19.4 Å². The summed E-state index contributed by atoms with van der Waals surface area (Å²) in [5.41, 5.74) is 0.0917. The largest absolute Gasteiger partial charge is 0.350 e. The molecule has 2 aromatic rings. The van der Waals surface area contributed by atoms with Crippen LogP contribution >= 0.6 is 12.4 Å². The van der Waals surface area contributed by atoms with Crippen molar-refractivity contribution in [3.63, 3.8) is 0 Å². The van der Waals surface area contributed by atoms with Crippen LogP contribution in [0.4, 0.5) is 10.1 Å². The Morgan fingerprint density at radius 1 is 1.19 bits per heavy atom. The van der Waals surface area contributed by atoms with Crippen molar-refractivity contribution < 1.29 is 17.6 Å². The van der Waals surface area contributed by atoms with Crippen LogP contribution in [0.2, 0.25) is 0 Å². The third kappa shape index (κ3) is 5.41. The topological polar surface area (TPSA) is 87.3 Å². The van der Waals surface area contributed by atoms with Gasteiger partial charge in [-0.2, -0.15) is 0 Å². The molecule has 1 aliphatic heterocycles. The summed E-state index contributed by atoms with van der Waals surface area (Å²) in [7, 11) is -4.00. The molecule has 9 heteroatoms. The molecule has 1 atom stereocenters. The van der Waals surface area contributed by atoms with E-state index in [2.05, 4.69) is 15.4 Å². The Balaban J connectivity index is 0.00000261. The fraction of sp³-hybridized carbons (Fsp3) is 0.278.